The van der Waals surface area contributed by atoms with E-state index in [2.05, 4.69) is 17.6 Å². The van der Waals surface area contributed by atoms with Crippen LogP contribution in [-0.2, 0) is 76.1 Å². The summed E-state index contributed by atoms with van der Waals surface area (Å²) in [6.07, 6.45) is -5.83. The molecular weight excluding hydrogens is 748 g/mol. The first-order valence-electron chi connectivity index (χ1n) is 18.6. The van der Waals surface area contributed by atoms with Gasteiger partial charge in [-0.1, -0.05) is 26.2 Å². The number of alkyl carbamates (subject to hydrolysis) is 2. The van der Waals surface area contributed by atoms with Gasteiger partial charge in [0.05, 0.1) is 12.8 Å². The van der Waals surface area contributed by atoms with E-state index in [9.17, 15) is 38.4 Å². The molecule has 20 nitrogen and oxygen atoms in total. The summed E-state index contributed by atoms with van der Waals surface area (Å²) in [6, 6.07) is 0. The predicted molar refractivity (Wildman–Crippen MR) is 188 cm³/mol. The minimum Gasteiger partial charge on any atom is -0.463 e. The van der Waals surface area contributed by atoms with Crippen LogP contribution in [0.15, 0.2) is 0 Å². The molecule has 1 unspecified atom stereocenters. The number of amides is 2. The third-order valence-electron chi connectivity index (χ3n) is 8.53. The summed E-state index contributed by atoms with van der Waals surface area (Å²) >= 11 is 0. The number of rotatable bonds is 20. The molecular formula is C36H56N2O18. The Morgan fingerprint density at radius 3 is 1.30 bits per heavy atom. The molecule has 318 valence electrons. The van der Waals surface area contributed by atoms with Crippen LogP contribution in [0.2, 0.25) is 0 Å². The molecule has 2 fully saturated rings. The molecule has 0 aliphatic carbocycles. The van der Waals surface area contributed by atoms with E-state index in [0.717, 1.165) is 25.7 Å². The van der Waals surface area contributed by atoms with Gasteiger partial charge in [0.1, 0.15) is 37.6 Å². The lowest BCUT2D eigenvalue weighted by molar-refractivity contribution is -0.252. The smallest absolute Gasteiger partial charge is 0.409 e. The third kappa shape index (κ3) is 18.7. The van der Waals surface area contributed by atoms with E-state index < -0.39 is 97.2 Å². The van der Waals surface area contributed by atoms with Crippen molar-refractivity contribution >= 4 is 48.0 Å². The zero-order chi connectivity index (χ0) is 41.8. The molecule has 0 saturated carbocycles. The van der Waals surface area contributed by atoms with Crippen molar-refractivity contribution in [1.29, 1.82) is 0 Å². The van der Waals surface area contributed by atoms with Crippen molar-refractivity contribution in [3.8, 4) is 0 Å². The number of carbonyl (C=O) groups is 8. The molecule has 2 rings (SSSR count). The minimum absolute atomic E-state index is 0.118. The lowest BCUT2D eigenvalue weighted by Gasteiger charge is -2.39. The zero-order valence-corrected chi connectivity index (χ0v) is 33.0. The molecule has 2 heterocycles. The third-order valence-corrected chi connectivity index (χ3v) is 8.53. The zero-order valence-electron chi connectivity index (χ0n) is 33.0. The van der Waals surface area contributed by atoms with E-state index in [1.165, 1.54) is 41.5 Å². The second kappa shape index (κ2) is 24.7. The molecule has 2 amide bonds. The highest BCUT2D eigenvalue weighted by molar-refractivity contribution is 5.69. The van der Waals surface area contributed by atoms with Crippen LogP contribution in [0.3, 0.4) is 0 Å². The fourth-order valence-electron chi connectivity index (χ4n) is 6.15. The van der Waals surface area contributed by atoms with Crippen LogP contribution in [0.25, 0.3) is 0 Å². The monoisotopic (exact) mass is 804 g/mol. The molecule has 0 aromatic carbocycles. The first-order chi connectivity index (χ1) is 26.5. The van der Waals surface area contributed by atoms with Crippen LogP contribution in [0.1, 0.15) is 99.8 Å². The van der Waals surface area contributed by atoms with Gasteiger partial charge in [0, 0.05) is 54.6 Å². The molecule has 0 radical (unpaired) electrons. The molecule has 2 saturated heterocycles. The summed E-state index contributed by atoms with van der Waals surface area (Å²) in [5.41, 5.74) is 0. The van der Waals surface area contributed by atoms with E-state index in [0.29, 0.717) is 31.8 Å². The van der Waals surface area contributed by atoms with Crippen molar-refractivity contribution in [2.24, 2.45) is 5.92 Å². The van der Waals surface area contributed by atoms with Crippen LogP contribution in [0, 0.1) is 5.92 Å². The molecule has 20 heteroatoms. The minimum atomic E-state index is -1.18. The largest absolute Gasteiger partial charge is 0.463 e. The lowest BCUT2D eigenvalue weighted by Crippen LogP contribution is -2.54. The maximum atomic E-state index is 12.6. The number of unbranched alkanes of at least 4 members (excludes halogenated alkanes) is 1. The average Bonchev–Trinajstić information content (AvgIpc) is 3.08. The van der Waals surface area contributed by atoms with E-state index in [4.69, 9.17) is 47.4 Å². The van der Waals surface area contributed by atoms with Gasteiger partial charge < -0.3 is 58.0 Å². The Labute approximate surface area is 325 Å². The van der Waals surface area contributed by atoms with E-state index in [1.807, 2.05) is 0 Å². The molecule has 2 N–H and O–H groups in total. The molecule has 0 aromatic heterocycles. The van der Waals surface area contributed by atoms with Gasteiger partial charge in [-0.25, -0.2) is 9.59 Å². The van der Waals surface area contributed by atoms with Crippen molar-refractivity contribution < 1.29 is 85.7 Å². The van der Waals surface area contributed by atoms with Crippen molar-refractivity contribution in [1.82, 2.24) is 10.6 Å². The summed E-state index contributed by atoms with van der Waals surface area (Å²) in [7, 11) is 0. The average molecular weight is 805 g/mol. The van der Waals surface area contributed by atoms with Crippen LogP contribution in [0.5, 0.6) is 0 Å². The number of carbonyl (C=O) groups excluding carboxylic acids is 8. The number of ether oxygens (including phenoxy) is 10. The highest BCUT2D eigenvalue weighted by Crippen LogP contribution is 2.29. The summed E-state index contributed by atoms with van der Waals surface area (Å²) in [4.78, 5) is 94.8. The summed E-state index contributed by atoms with van der Waals surface area (Å²) in [5, 5.41) is 5.33. The molecule has 0 aromatic rings. The number of hydrogen-bond donors (Lipinski definition) is 2. The maximum absolute atomic E-state index is 12.6. The molecule has 2 aliphatic heterocycles. The van der Waals surface area contributed by atoms with Gasteiger partial charge in [-0.2, -0.15) is 0 Å². The van der Waals surface area contributed by atoms with E-state index in [-0.39, 0.29) is 26.1 Å². The first kappa shape index (κ1) is 47.4. The number of hydrogen-bond acceptors (Lipinski definition) is 18. The normalized spacial score (nSPS) is 24.9. The van der Waals surface area contributed by atoms with Crippen LogP contribution >= 0.6 is 0 Å². The number of esters is 6. The van der Waals surface area contributed by atoms with E-state index in [1.54, 1.807) is 0 Å². The summed E-state index contributed by atoms with van der Waals surface area (Å²) < 4.78 is 53.5. The molecule has 9 atom stereocenters. The van der Waals surface area contributed by atoms with Gasteiger partial charge in [0.2, 0.25) is 12.6 Å². The van der Waals surface area contributed by atoms with E-state index >= 15 is 0 Å². The quantitative estimate of drug-likeness (QED) is 0.102. The maximum Gasteiger partial charge on any atom is 0.409 e. The van der Waals surface area contributed by atoms with Gasteiger partial charge >= 0.3 is 48.0 Å². The Morgan fingerprint density at radius 2 is 0.929 bits per heavy atom. The highest BCUT2D eigenvalue weighted by Gasteiger charge is 2.46. The fraction of sp³-hybridized carbons (Fsp3) is 0.778. The van der Waals surface area contributed by atoms with Gasteiger partial charge in [0.25, 0.3) is 0 Å². The molecule has 2 aliphatic rings. The Bertz CT molecular complexity index is 1340. The lowest BCUT2D eigenvalue weighted by atomic mass is 9.94. The van der Waals surface area contributed by atoms with Gasteiger partial charge in [-0.15, -0.1) is 0 Å². The predicted octanol–water partition coefficient (Wildman–Crippen LogP) is 2.50. The van der Waals surface area contributed by atoms with Gasteiger partial charge in [-0.05, 0) is 25.2 Å². The Hall–Kier alpha value is -4.72. The van der Waals surface area contributed by atoms with Gasteiger partial charge in [0.15, 0.2) is 12.2 Å². The van der Waals surface area contributed by atoms with Crippen molar-refractivity contribution in [3.63, 3.8) is 0 Å². The first-order valence-corrected chi connectivity index (χ1v) is 18.6. The fourth-order valence-corrected chi connectivity index (χ4v) is 6.15. The summed E-state index contributed by atoms with van der Waals surface area (Å²) in [5.74, 6) is -3.52. The Kier molecular flexibility index (Phi) is 20.9. The van der Waals surface area contributed by atoms with Crippen LogP contribution in [0.4, 0.5) is 9.59 Å². The SMILES string of the molecule is CCC(CCCCNC(=O)O[C@H]1C[C@@H](OC(C)=O)[C@@H](OC(C)=O)[C@@H](COC(C)=O)O1)CCCNC(=O)O[C@H]1C[C@@H](OC(C)=O)[C@@H](OC(C)=O)[C@@H](COC(C)=O)O1. The standard InChI is InChI=1S/C36H56N2O18/c1-8-26(13-11-15-38-36(46)56-32-17-28(50-23(5)42)34(52-25(7)44)30(54-32)19-48-21(3)40)12-9-10-14-37-35(45)55-31-16-27(49-22(4)41)33(51-24(6)43)29(53-31)18-47-20(2)39/h26-34H,8-19H2,1-7H3,(H,37,45)(H,38,46)/t26?,27-,28-,29-,30-,31+,32+,33-,34-/m1/s1. The Morgan fingerprint density at radius 1 is 0.536 bits per heavy atom. The topological polar surface area (TPSA) is 253 Å². The van der Waals surface area contributed by atoms with Gasteiger partial charge in [-0.3, -0.25) is 28.8 Å². The number of nitrogens with one attached hydrogen (secondary N) is 2. The second-order valence-electron chi connectivity index (χ2n) is 13.3. The Balaban J connectivity index is 1.76. The van der Waals surface area contributed by atoms with Crippen molar-refractivity contribution in [2.75, 3.05) is 26.3 Å². The van der Waals surface area contributed by atoms with Crippen LogP contribution in [-0.4, -0.2) is 124 Å². The molecule has 56 heavy (non-hydrogen) atoms. The van der Waals surface area contributed by atoms with Crippen LogP contribution < -0.4 is 10.6 Å². The van der Waals surface area contributed by atoms with Crippen molar-refractivity contribution in [3.05, 3.63) is 0 Å². The highest BCUT2D eigenvalue weighted by atomic mass is 16.7. The molecule has 0 bridgehead atoms. The van der Waals surface area contributed by atoms with Crippen molar-refractivity contribution in [2.45, 2.75) is 149 Å². The second-order valence-corrected chi connectivity index (χ2v) is 13.3. The summed E-state index contributed by atoms with van der Waals surface area (Å²) in [6.45, 7) is 9.07. The molecule has 0 spiro atoms.